The number of nitrogens with zero attached hydrogens (tertiary/aromatic N) is 1. The number of hydrogen-bond acceptors (Lipinski definition) is 3. The molecule has 2 aromatic carbocycles. The molecule has 2 atom stereocenters. The second-order valence-corrected chi connectivity index (χ2v) is 7.55. The Morgan fingerprint density at radius 1 is 1.10 bits per heavy atom. The summed E-state index contributed by atoms with van der Waals surface area (Å²) in [6.07, 6.45) is 1.58. The number of piperidine rings is 1. The van der Waals surface area contributed by atoms with Crippen molar-refractivity contribution in [3.05, 3.63) is 71.3 Å². The van der Waals surface area contributed by atoms with Crippen molar-refractivity contribution in [2.75, 3.05) is 13.1 Å². The number of carboxylic acids is 1. The molecule has 0 bridgehead atoms. The molecule has 1 saturated heterocycles. The maximum Gasteiger partial charge on any atom is 0.326 e. The summed E-state index contributed by atoms with van der Waals surface area (Å²) < 4.78 is 0. The molecule has 0 spiro atoms. The predicted octanol–water partition coefficient (Wildman–Crippen LogP) is 2.66. The second-order valence-electron chi connectivity index (χ2n) is 7.55. The maximum absolute atomic E-state index is 12.8. The zero-order chi connectivity index (χ0) is 20.8. The lowest BCUT2D eigenvalue weighted by molar-refractivity contribution is -0.142. The van der Waals surface area contributed by atoms with Gasteiger partial charge in [-0.3, -0.25) is 9.59 Å². The normalized spacial score (nSPS) is 17.4. The van der Waals surface area contributed by atoms with Crippen LogP contribution >= 0.6 is 0 Å². The van der Waals surface area contributed by atoms with Gasteiger partial charge >= 0.3 is 5.97 Å². The van der Waals surface area contributed by atoms with Gasteiger partial charge in [0.1, 0.15) is 6.04 Å². The van der Waals surface area contributed by atoms with Crippen LogP contribution in [0.4, 0.5) is 0 Å². The average Bonchev–Trinajstić information content (AvgIpc) is 2.74. The minimum absolute atomic E-state index is 0.0958. The highest BCUT2D eigenvalue weighted by molar-refractivity contribution is 5.95. The number of hydrogen-bond donors (Lipinski definition) is 2. The molecule has 1 heterocycles. The zero-order valence-corrected chi connectivity index (χ0v) is 16.5. The highest BCUT2D eigenvalue weighted by atomic mass is 16.4. The largest absolute Gasteiger partial charge is 0.480 e. The zero-order valence-electron chi connectivity index (χ0n) is 16.5. The van der Waals surface area contributed by atoms with E-state index in [-0.39, 0.29) is 18.2 Å². The summed E-state index contributed by atoms with van der Waals surface area (Å²) >= 11 is 0. The summed E-state index contributed by atoms with van der Waals surface area (Å²) in [5.74, 6) is -1.88. The molecule has 1 unspecified atom stereocenters. The summed E-state index contributed by atoms with van der Waals surface area (Å²) in [6, 6.07) is 15.6. The SMILES string of the molecule is Cc1ccc(C(=O)N2CCCC(C(=O)N[C@@H](Cc3ccccc3)C(=O)O)C2)cc1. The summed E-state index contributed by atoms with van der Waals surface area (Å²) in [6.45, 7) is 2.86. The van der Waals surface area contributed by atoms with Crippen LogP contribution in [0.5, 0.6) is 0 Å². The lowest BCUT2D eigenvalue weighted by Crippen LogP contribution is -2.50. The number of nitrogens with one attached hydrogen (secondary N) is 1. The van der Waals surface area contributed by atoms with E-state index in [0.29, 0.717) is 31.5 Å². The van der Waals surface area contributed by atoms with Gasteiger partial charge in [-0.1, -0.05) is 48.0 Å². The van der Waals surface area contributed by atoms with E-state index < -0.39 is 17.9 Å². The first-order valence-electron chi connectivity index (χ1n) is 9.87. The van der Waals surface area contributed by atoms with Crippen molar-refractivity contribution in [3.8, 4) is 0 Å². The number of amides is 2. The maximum atomic E-state index is 12.8. The highest BCUT2D eigenvalue weighted by Crippen LogP contribution is 2.19. The van der Waals surface area contributed by atoms with E-state index in [2.05, 4.69) is 5.32 Å². The third-order valence-electron chi connectivity index (χ3n) is 5.28. The van der Waals surface area contributed by atoms with Crippen molar-refractivity contribution in [2.24, 2.45) is 5.92 Å². The van der Waals surface area contributed by atoms with Gasteiger partial charge in [-0.15, -0.1) is 0 Å². The fourth-order valence-corrected chi connectivity index (χ4v) is 3.59. The van der Waals surface area contributed by atoms with Gasteiger partial charge in [0.15, 0.2) is 0 Å². The molecule has 0 aromatic heterocycles. The molecule has 3 rings (SSSR count). The molecule has 1 aliphatic rings. The minimum atomic E-state index is -1.06. The van der Waals surface area contributed by atoms with Gasteiger partial charge in [0, 0.05) is 25.1 Å². The van der Waals surface area contributed by atoms with Crippen LogP contribution in [0.1, 0.15) is 34.3 Å². The minimum Gasteiger partial charge on any atom is -0.480 e. The average molecular weight is 394 g/mol. The monoisotopic (exact) mass is 394 g/mol. The van der Waals surface area contributed by atoms with Crippen molar-refractivity contribution < 1.29 is 19.5 Å². The molecular formula is C23H26N2O4. The molecule has 29 heavy (non-hydrogen) atoms. The lowest BCUT2D eigenvalue weighted by atomic mass is 9.95. The molecular weight excluding hydrogens is 368 g/mol. The van der Waals surface area contributed by atoms with Gasteiger partial charge in [0.2, 0.25) is 5.91 Å². The number of carbonyl (C=O) groups is 3. The summed E-state index contributed by atoms with van der Waals surface area (Å²) in [5.41, 5.74) is 2.53. The molecule has 6 nitrogen and oxygen atoms in total. The van der Waals surface area contributed by atoms with Gasteiger partial charge in [-0.2, -0.15) is 0 Å². The topological polar surface area (TPSA) is 86.7 Å². The fourth-order valence-electron chi connectivity index (χ4n) is 3.59. The number of carbonyl (C=O) groups excluding carboxylic acids is 2. The first kappa shape index (κ1) is 20.6. The van der Waals surface area contributed by atoms with Gasteiger partial charge in [-0.25, -0.2) is 4.79 Å². The Balaban J connectivity index is 1.62. The number of carboxylic acid groups (broad SMARTS) is 1. The highest BCUT2D eigenvalue weighted by Gasteiger charge is 2.31. The van der Waals surface area contributed by atoms with Crippen LogP contribution in [0.25, 0.3) is 0 Å². The van der Waals surface area contributed by atoms with Crippen LogP contribution in [0.2, 0.25) is 0 Å². The first-order valence-corrected chi connectivity index (χ1v) is 9.87. The van der Waals surface area contributed by atoms with Crippen LogP contribution < -0.4 is 5.32 Å². The lowest BCUT2D eigenvalue weighted by Gasteiger charge is -2.32. The third kappa shape index (κ3) is 5.44. The van der Waals surface area contributed by atoms with Gasteiger partial charge < -0.3 is 15.3 Å². The van der Waals surface area contributed by atoms with Gasteiger partial charge in [-0.05, 0) is 37.5 Å². The summed E-state index contributed by atoms with van der Waals surface area (Å²) in [7, 11) is 0. The van der Waals surface area contributed by atoms with E-state index in [1.807, 2.05) is 49.4 Å². The van der Waals surface area contributed by atoms with Crippen molar-refractivity contribution in [1.82, 2.24) is 10.2 Å². The Hall–Kier alpha value is -3.15. The Morgan fingerprint density at radius 3 is 2.45 bits per heavy atom. The van der Waals surface area contributed by atoms with Gasteiger partial charge in [0.05, 0.1) is 5.92 Å². The Bertz CT molecular complexity index is 864. The van der Waals surface area contributed by atoms with E-state index in [4.69, 9.17) is 0 Å². The number of benzene rings is 2. The molecule has 0 saturated carbocycles. The smallest absolute Gasteiger partial charge is 0.326 e. The summed E-state index contributed by atoms with van der Waals surface area (Å²) in [4.78, 5) is 38.8. The van der Waals surface area contributed by atoms with E-state index in [9.17, 15) is 19.5 Å². The van der Waals surface area contributed by atoms with Crippen molar-refractivity contribution in [1.29, 1.82) is 0 Å². The van der Waals surface area contributed by atoms with Crippen molar-refractivity contribution in [3.63, 3.8) is 0 Å². The number of likely N-dealkylation sites (tertiary alicyclic amines) is 1. The van der Waals surface area contributed by atoms with Gasteiger partial charge in [0.25, 0.3) is 5.91 Å². The molecule has 6 heteroatoms. The first-order chi connectivity index (χ1) is 13.9. The molecule has 1 aliphatic heterocycles. The quantitative estimate of drug-likeness (QED) is 0.789. The standard InChI is InChI=1S/C23H26N2O4/c1-16-9-11-18(12-10-16)22(27)25-13-5-8-19(15-25)21(26)24-20(23(28)29)14-17-6-3-2-4-7-17/h2-4,6-7,9-12,19-20H,5,8,13-15H2,1H3,(H,24,26)(H,28,29)/t19?,20-/m0/s1. The van der Waals surface area contributed by atoms with Crippen molar-refractivity contribution in [2.45, 2.75) is 32.2 Å². The van der Waals surface area contributed by atoms with Crippen LogP contribution in [-0.2, 0) is 16.0 Å². The van der Waals surface area contributed by atoms with Crippen LogP contribution in [0, 0.1) is 12.8 Å². The van der Waals surface area contributed by atoms with Crippen molar-refractivity contribution >= 4 is 17.8 Å². The van der Waals surface area contributed by atoms with E-state index in [1.165, 1.54) is 0 Å². The predicted molar refractivity (Wildman–Crippen MR) is 110 cm³/mol. The van der Waals surface area contributed by atoms with Crippen LogP contribution in [-0.4, -0.2) is 46.9 Å². The van der Waals surface area contributed by atoms with E-state index >= 15 is 0 Å². The van der Waals surface area contributed by atoms with E-state index in [1.54, 1.807) is 17.0 Å². The molecule has 1 fully saturated rings. The Kier molecular flexibility index (Phi) is 6.65. The second kappa shape index (κ2) is 9.37. The Morgan fingerprint density at radius 2 is 1.79 bits per heavy atom. The summed E-state index contributed by atoms with van der Waals surface area (Å²) in [5, 5.41) is 12.2. The fraction of sp³-hybridized carbons (Fsp3) is 0.348. The van der Waals surface area contributed by atoms with E-state index in [0.717, 1.165) is 11.1 Å². The third-order valence-corrected chi connectivity index (χ3v) is 5.28. The number of aryl methyl sites for hydroxylation is 1. The number of rotatable bonds is 6. The molecule has 2 amide bonds. The van der Waals surface area contributed by atoms with Crippen LogP contribution in [0.15, 0.2) is 54.6 Å². The molecule has 0 radical (unpaired) electrons. The Labute approximate surface area is 170 Å². The molecule has 2 aromatic rings. The molecule has 2 N–H and O–H groups in total. The van der Waals surface area contributed by atoms with Crippen LogP contribution in [0.3, 0.4) is 0 Å². The number of aliphatic carboxylic acids is 1. The molecule has 0 aliphatic carbocycles. The molecule has 152 valence electrons.